The standard InChI is InChI=1S/C11H9F3N4OS/c12-11(13,14)8-2-1-6(5-7(8)9(15)18-19)20-10-16-3-4-17-10/h1-5,19H,(H2,15,18)(H,16,17). The summed E-state index contributed by atoms with van der Waals surface area (Å²) in [7, 11) is 0. The van der Waals surface area contributed by atoms with Gasteiger partial charge in [-0.3, -0.25) is 0 Å². The maximum Gasteiger partial charge on any atom is 0.417 e. The monoisotopic (exact) mass is 302 g/mol. The first-order chi connectivity index (χ1) is 9.41. The van der Waals surface area contributed by atoms with E-state index in [2.05, 4.69) is 15.1 Å². The Morgan fingerprint density at radius 2 is 2.15 bits per heavy atom. The minimum Gasteiger partial charge on any atom is -0.409 e. The Hall–Kier alpha value is -2.16. The first-order valence-corrected chi connectivity index (χ1v) is 6.10. The zero-order valence-corrected chi connectivity index (χ0v) is 10.7. The van der Waals surface area contributed by atoms with Crippen LogP contribution in [0.15, 0.2) is 45.8 Å². The molecule has 0 radical (unpaired) electrons. The number of rotatable bonds is 3. The van der Waals surface area contributed by atoms with Gasteiger partial charge < -0.3 is 15.9 Å². The molecule has 1 aromatic heterocycles. The normalized spacial score (nSPS) is 12.7. The molecule has 2 aromatic rings. The molecule has 1 aromatic carbocycles. The fourth-order valence-electron chi connectivity index (χ4n) is 1.52. The van der Waals surface area contributed by atoms with Crippen molar-refractivity contribution in [1.29, 1.82) is 0 Å². The number of hydrogen-bond donors (Lipinski definition) is 3. The molecule has 0 aliphatic heterocycles. The van der Waals surface area contributed by atoms with Crippen LogP contribution in [0.1, 0.15) is 11.1 Å². The van der Waals surface area contributed by atoms with Crippen molar-refractivity contribution in [2.45, 2.75) is 16.2 Å². The molecule has 0 amide bonds. The summed E-state index contributed by atoms with van der Waals surface area (Å²) in [5, 5.41) is 11.8. The fourth-order valence-corrected chi connectivity index (χ4v) is 2.29. The molecule has 0 aliphatic rings. The van der Waals surface area contributed by atoms with Gasteiger partial charge in [-0.1, -0.05) is 16.9 Å². The van der Waals surface area contributed by atoms with Gasteiger partial charge in [-0.2, -0.15) is 13.2 Å². The van der Waals surface area contributed by atoms with Crippen LogP contribution in [0, 0.1) is 0 Å². The Morgan fingerprint density at radius 3 is 2.70 bits per heavy atom. The lowest BCUT2D eigenvalue weighted by Gasteiger charge is -2.12. The maximum absolute atomic E-state index is 12.8. The van der Waals surface area contributed by atoms with E-state index in [1.54, 1.807) is 6.20 Å². The van der Waals surface area contributed by atoms with Crippen molar-refractivity contribution in [3.8, 4) is 0 Å². The molecule has 4 N–H and O–H groups in total. The zero-order chi connectivity index (χ0) is 14.8. The molecule has 5 nitrogen and oxygen atoms in total. The minimum atomic E-state index is -4.58. The van der Waals surface area contributed by atoms with Crippen LogP contribution in [0.5, 0.6) is 0 Å². The second kappa shape index (κ2) is 5.45. The summed E-state index contributed by atoms with van der Waals surface area (Å²) in [6, 6.07) is 3.38. The number of amidine groups is 1. The summed E-state index contributed by atoms with van der Waals surface area (Å²) in [5.41, 5.74) is 3.96. The van der Waals surface area contributed by atoms with Gasteiger partial charge in [-0.05, 0) is 18.2 Å². The molecule has 0 spiro atoms. The molecule has 2 rings (SSSR count). The van der Waals surface area contributed by atoms with Crippen molar-refractivity contribution >= 4 is 17.6 Å². The van der Waals surface area contributed by atoms with E-state index in [0.717, 1.165) is 17.8 Å². The highest BCUT2D eigenvalue weighted by Gasteiger charge is 2.34. The number of H-pyrrole nitrogens is 1. The summed E-state index contributed by atoms with van der Waals surface area (Å²) < 4.78 is 38.5. The molecule has 20 heavy (non-hydrogen) atoms. The van der Waals surface area contributed by atoms with Gasteiger partial charge in [-0.15, -0.1) is 0 Å². The Morgan fingerprint density at radius 1 is 1.40 bits per heavy atom. The lowest BCUT2D eigenvalue weighted by atomic mass is 10.1. The molecular formula is C11H9F3N4OS. The summed E-state index contributed by atoms with van der Waals surface area (Å²) in [6.07, 6.45) is -1.47. The maximum atomic E-state index is 12.8. The van der Waals surface area contributed by atoms with Crippen LogP contribution in [-0.2, 0) is 6.18 Å². The number of hydrogen-bond acceptors (Lipinski definition) is 4. The second-order valence-corrected chi connectivity index (χ2v) is 4.75. The third-order valence-corrected chi connectivity index (χ3v) is 3.27. The summed E-state index contributed by atoms with van der Waals surface area (Å²) >= 11 is 1.13. The number of benzene rings is 1. The number of nitrogens with two attached hydrogens (primary N) is 1. The number of halogens is 3. The predicted octanol–water partition coefficient (Wildman–Crippen LogP) is 2.67. The third kappa shape index (κ3) is 3.05. The van der Waals surface area contributed by atoms with E-state index in [4.69, 9.17) is 10.9 Å². The molecule has 0 saturated heterocycles. The topological polar surface area (TPSA) is 87.3 Å². The van der Waals surface area contributed by atoms with Gasteiger partial charge >= 0.3 is 6.18 Å². The SMILES string of the molecule is N/C(=N/O)c1cc(Sc2ncc[nH]2)ccc1C(F)(F)F. The molecule has 0 saturated carbocycles. The predicted molar refractivity (Wildman–Crippen MR) is 66.7 cm³/mol. The van der Waals surface area contributed by atoms with E-state index in [-0.39, 0.29) is 5.56 Å². The Balaban J connectivity index is 2.43. The van der Waals surface area contributed by atoms with E-state index in [9.17, 15) is 13.2 Å². The van der Waals surface area contributed by atoms with Crippen LogP contribution in [0.2, 0.25) is 0 Å². The van der Waals surface area contributed by atoms with E-state index in [1.807, 2.05) is 0 Å². The van der Waals surface area contributed by atoms with Crippen LogP contribution >= 0.6 is 11.8 Å². The Labute approximate surface area is 115 Å². The number of imidazole rings is 1. The molecule has 0 unspecified atom stereocenters. The van der Waals surface area contributed by atoms with Gasteiger partial charge in [0.1, 0.15) is 0 Å². The minimum absolute atomic E-state index is 0.378. The van der Waals surface area contributed by atoms with Gasteiger partial charge in [0.05, 0.1) is 5.56 Å². The molecule has 0 aliphatic carbocycles. The van der Waals surface area contributed by atoms with Crippen molar-refractivity contribution in [3.63, 3.8) is 0 Å². The van der Waals surface area contributed by atoms with Crippen LogP contribution < -0.4 is 5.73 Å². The molecule has 106 valence electrons. The van der Waals surface area contributed by atoms with E-state index in [0.29, 0.717) is 10.1 Å². The highest BCUT2D eigenvalue weighted by Crippen LogP contribution is 2.35. The van der Waals surface area contributed by atoms with E-state index >= 15 is 0 Å². The molecule has 0 atom stereocenters. The molecular weight excluding hydrogens is 293 g/mol. The molecule has 1 heterocycles. The van der Waals surface area contributed by atoms with Crippen LogP contribution in [0.25, 0.3) is 0 Å². The fraction of sp³-hybridized carbons (Fsp3) is 0.0909. The average molecular weight is 302 g/mol. The van der Waals surface area contributed by atoms with Crippen LogP contribution in [0.3, 0.4) is 0 Å². The third-order valence-electron chi connectivity index (χ3n) is 2.37. The number of aromatic nitrogens is 2. The quantitative estimate of drug-likeness (QED) is 0.352. The van der Waals surface area contributed by atoms with Gasteiger partial charge in [0, 0.05) is 22.9 Å². The summed E-state index contributed by atoms with van der Waals surface area (Å²) in [5.74, 6) is -0.598. The van der Waals surface area contributed by atoms with Crippen molar-refractivity contribution in [3.05, 3.63) is 41.7 Å². The highest BCUT2D eigenvalue weighted by molar-refractivity contribution is 7.99. The van der Waals surface area contributed by atoms with Crippen molar-refractivity contribution < 1.29 is 18.4 Å². The number of nitrogens with one attached hydrogen (secondary N) is 1. The van der Waals surface area contributed by atoms with E-state index in [1.165, 1.54) is 18.3 Å². The van der Waals surface area contributed by atoms with Crippen molar-refractivity contribution in [1.82, 2.24) is 9.97 Å². The van der Waals surface area contributed by atoms with Crippen LogP contribution in [0.4, 0.5) is 13.2 Å². The van der Waals surface area contributed by atoms with Gasteiger partial charge in [0.25, 0.3) is 0 Å². The first kappa shape index (κ1) is 14.3. The largest absolute Gasteiger partial charge is 0.417 e. The Kier molecular flexibility index (Phi) is 3.89. The number of alkyl halides is 3. The number of aromatic amines is 1. The van der Waals surface area contributed by atoms with Crippen molar-refractivity contribution in [2.75, 3.05) is 0 Å². The summed E-state index contributed by atoms with van der Waals surface area (Å²) in [6.45, 7) is 0. The average Bonchev–Trinajstić information content (AvgIpc) is 2.89. The van der Waals surface area contributed by atoms with Gasteiger partial charge in [0.2, 0.25) is 0 Å². The van der Waals surface area contributed by atoms with Crippen molar-refractivity contribution in [2.24, 2.45) is 10.9 Å². The lowest BCUT2D eigenvalue weighted by molar-refractivity contribution is -0.137. The smallest absolute Gasteiger partial charge is 0.409 e. The first-order valence-electron chi connectivity index (χ1n) is 5.28. The lowest BCUT2D eigenvalue weighted by Crippen LogP contribution is -2.20. The number of oxime groups is 1. The molecule has 0 bridgehead atoms. The Bertz CT molecular complexity index is 625. The van der Waals surface area contributed by atoms with Gasteiger partial charge in [-0.25, -0.2) is 4.98 Å². The highest BCUT2D eigenvalue weighted by atomic mass is 32.2. The second-order valence-electron chi connectivity index (χ2n) is 3.69. The van der Waals surface area contributed by atoms with E-state index < -0.39 is 17.6 Å². The number of nitrogens with zero attached hydrogens (tertiary/aromatic N) is 2. The summed E-state index contributed by atoms with van der Waals surface area (Å²) in [4.78, 5) is 7.24. The molecule has 0 fully saturated rings. The molecule has 9 heteroatoms. The van der Waals surface area contributed by atoms with Gasteiger partial charge in [0.15, 0.2) is 11.0 Å². The zero-order valence-electron chi connectivity index (χ0n) is 9.85. The van der Waals surface area contributed by atoms with Crippen LogP contribution in [-0.4, -0.2) is 21.0 Å².